The quantitative estimate of drug-likeness (QED) is 0.646. The van der Waals surface area contributed by atoms with Crippen molar-refractivity contribution in [3.05, 3.63) is 71.9 Å². The van der Waals surface area contributed by atoms with Crippen molar-refractivity contribution in [2.75, 3.05) is 18.9 Å². The Morgan fingerprint density at radius 1 is 1.14 bits per heavy atom. The fraction of sp³-hybridized carbons (Fsp3) is 0.111. The van der Waals surface area contributed by atoms with Gasteiger partial charge < -0.3 is 5.32 Å². The van der Waals surface area contributed by atoms with Gasteiger partial charge in [-0.05, 0) is 46.3 Å². The van der Waals surface area contributed by atoms with Crippen LogP contribution in [0.2, 0.25) is 0 Å². The van der Waals surface area contributed by atoms with Crippen LogP contribution in [-0.4, -0.2) is 52.4 Å². The SMILES string of the molecule is CN(CC(=O)Nc1ccc(-n2cnnn2)cc1)S(=O)(=O)/C=C/c1ccccc1. The highest BCUT2D eigenvalue weighted by Gasteiger charge is 2.17. The predicted molar refractivity (Wildman–Crippen MR) is 105 cm³/mol. The van der Waals surface area contributed by atoms with Crippen molar-refractivity contribution in [2.45, 2.75) is 0 Å². The molecule has 0 spiro atoms. The number of tetrazole rings is 1. The summed E-state index contributed by atoms with van der Waals surface area (Å²) in [7, 11) is -2.36. The molecule has 9 nitrogen and oxygen atoms in total. The van der Waals surface area contributed by atoms with Crippen LogP contribution in [0.4, 0.5) is 5.69 Å². The van der Waals surface area contributed by atoms with Crippen LogP contribution >= 0.6 is 0 Å². The Morgan fingerprint density at radius 3 is 2.50 bits per heavy atom. The van der Waals surface area contributed by atoms with Gasteiger partial charge >= 0.3 is 0 Å². The summed E-state index contributed by atoms with van der Waals surface area (Å²) in [5.74, 6) is -0.450. The normalized spacial score (nSPS) is 11.8. The molecule has 0 bridgehead atoms. The molecule has 28 heavy (non-hydrogen) atoms. The van der Waals surface area contributed by atoms with Crippen LogP contribution < -0.4 is 5.32 Å². The molecule has 0 unspecified atom stereocenters. The molecule has 0 radical (unpaired) electrons. The van der Waals surface area contributed by atoms with Gasteiger partial charge in [-0.1, -0.05) is 30.3 Å². The van der Waals surface area contributed by atoms with E-state index in [1.165, 1.54) is 24.1 Å². The first-order valence-corrected chi connectivity index (χ1v) is 9.77. The third kappa shape index (κ3) is 5.09. The topological polar surface area (TPSA) is 110 Å². The fourth-order valence-corrected chi connectivity index (χ4v) is 3.14. The van der Waals surface area contributed by atoms with Gasteiger partial charge in [0.25, 0.3) is 0 Å². The number of benzene rings is 2. The molecule has 1 aromatic heterocycles. The maximum absolute atomic E-state index is 12.3. The monoisotopic (exact) mass is 398 g/mol. The average molecular weight is 398 g/mol. The molecule has 3 aromatic rings. The maximum atomic E-state index is 12.3. The number of hydrogen-bond donors (Lipinski definition) is 1. The van der Waals surface area contributed by atoms with Gasteiger partial charge in [0.1, 0.15) is 6.33 Å². The second-order valence-electron chi connectivity index (χ2n) is 5.86. The average Bonchev–Trinajstić information content (AvgIpc) is 3.22. The lowest BCUT2D eigenvalue weighted by Gasteiger charge is -2.14. The lowest BCUT2D eigenvalue weighted by atomic mass is 10.2. The van der Waals surface area contributed by atoms with Gasteiger partial charge in [0, 0.05) is 18.1 Å². The van der Waals surface area contributed by atoms with Crippen molar-refractivity contribution < 1.29 is 13.2 Å². The van der Waals surface area contributed by atoms with Gasteiger partial charge in [0.2, 0.25) is 15.9 Å². The first-order valence-electron chi connectivity index (χ1n) is 8.27. The zero-order valence-electron chi connectivity index (χ0n) is 15.0. The Hall–Kier alpha value is -3.37. The maximum Gasteiger partial charge on any atom is 0.239 e. The summed E-state index contributed by atoms with van der Waals surface area (Å²) >= 11 is 0. The number of nitrogens with one attached hydrogen (secondary N) is 1. The molecule has 2 aromatic carbocycles. The largest absolute Gasteiger partial charge is 0.325 e. The molecule has 1 amide bonds. The molecule has 0 fully saturated rings. The summed E-state index contributed by atoms with van der Waals surface area (Å²) in [4.78, 5) is 12.2. The molecule has 0 saturated heterocycles. The highest BCUT2D eigenvalue weighted by molar-refractivity contribution is 7.92. The molecule has 0 aliphatic carbocycles. The van der Waals surface area contributed by atoms with E-state index in [-0.39, 0.29) is 6.54 Å². The van der Waals surface area contributed by atoms with Crippen LogP contribution in [0.5, 0.6) is 0 Å². The minimum absolute atomic E-state index is 0.309. The predicted octanol–water partition coefficient (Wildman–Crippen LogP) is 1.53. The summed E-state index contributed by atoms with van der Waals surface area (Å²) in [5, 5.41) is 14.6. The minimum Gasteiger partial charge on any atom is -0.325 e. The first-order chi connectivity index (χ1) is 13.4. The van der Waals surface area contributed by atoms with Gasteiger partial charge in [-0.2, -0.15) is 4.31 Å². The second-order valence-corrected chi connectivity index (χ2v) is 7.79. The van der Waals surface area contributed by atoms with Crippen molar-refractivity contribution in [1.29, 1.82) is 0 Å². The molecule has 0 aliphatic rings. The van der Waals surface area contributed by atoms with E-state index in [4.69, 9.17) is 0 Å². The Morgan fingerprint density at radius 2 is 1.86 bits per heavy atom. The summed E-state index contributed by atoms with van der Waals surface area (Å²) in [6, 6.07) is 15.9. The van der Waals surface area contributed by atoms with E-state index in [1.807, 2.05) is 18.2 Å². The number of sulfonamides is 1. The highest BCUT2D eigenvalue weighted by Crippen LogP contribution is 2.12. The van der Waals surface area contributed by atoms with Crippen LogP contribution in [0.15, 0.2) is 66.3 Å². The highest BCUT2D eigenvalue weighted by atomic mass is 32.2. The molecule has 0 saturated carbocycles. The standard InChI is InChI=1S/C18H18N6O3S/c1-23(28(26,27)12-11-15-5-3-2-4-6-15)13-18(25)20-16-7-9-17(10-8-16)24-14-19-21-22-24/h2-12,14H,13H2,1H3,(H,20,25)/b12-11+. The second kappa shape index (κ2) is 8.55. The van der Waals surface area contributed by atoms with Gasteiger partial charge in [0.15, 0.2) is 0 Å². The zero-order chi connectivity index (χ0) is 20.0. The molecular formula is C18H18N6O3S. The van der Waals surface area contributed by atoms with Crippen LogP contribution in [0, 0.1) is 0 Å². The van der Waals surface area contributed by atoms with Crippen LogP contribution in [0.3, 0.4) is 0 Å². The van der Waals surface area contributed by atoms with E-state index in [0.29, 0.717) is 5.69 Å². The van der Waals surface area contributed by atoms with Gasteiger partial charge in [-0.3, -0.25) is 4.79 Å². The molecule has 0 aliphatic heterocycles. The summed E-state index contributed by atoms with van der Waals surface area (Å²) in [6.07, 6.45) is 2.94. The molecule has 144 valence electrons. The number of hydrogen-bond acceptors (Lipinski definition) is 6. The summed E-state index contributed by atoms with van der Waals surface area (Å²) < 4.78 is 27.1. The van der Waals surface area contributed by atoms with Crippen molar-refractivity contribution in [3.8, 4) is 5.69 Å². The minimum atomic E-state index is -3.72. The molecule has 1 heterocycles. The molecule has 0 atom stereocenters. The number of carbonyl (C=O) groups excluding carboxylic acids is 1. The Kier molecular flexibility index (Phi) is 5.92. The van der Waals surface area contributed by atoms with Crippen molar-refractivity contribution in [2.24, 2.45) is 0 Å². The van der Waals surface area contributed by atoms with Gasteiger partial charge in [-0.25, -0.2) is 13.1 Å². The van der Waals surface area contributed by atoms with Gasteiger partial charge in [0.05, 0.1) is 12.2 Å². The summed E-state index contributed by atoms with van der Waals surface area (Å²) in [5.41, 5.74) is 2.02. The van der Waals surface area contributed by atoms with Crippen LogP contribution in [0.1, 0.15) is 5.56 Å². The molecule has 3 rings (SSSR count). The van der Waals surface area contributed by atoms with Crippen molar-refractivity contribution in [1.82, 2.24) is 24.5 Å². The Balaban J connectivity index is 1.58. The lowest BCUT2D eigenvalue weighted by molar-refractivity contribution is -0.116. The lowest BCUT2D eigenvalue weighted by Crippen LogP contribution is -2.33. The number of carbonyl (C=O) groups is 1. The van der Waals surface area contributed by atoms with E-state index >= 15 is 0 Å². The first kappa shape index (κ1) is 19.4. The van der Waals surface area contributed by atoms with Crippen LogP contribution in [-0.2, 0) is 14.8 Å². The fourth-order valence-electron chi connectivity index (χ4n) is 2.30. The molecule has 1 N–H and O–H groups in total. The van der Waals surface area contributed by atoms with Crippen LogP contribution in [0.25, 0.3) is 11.8 Å². The Labute approximate surface area is 162 Å². The zero-order valence-corrected chi connectivity index (χ0v) is 15.8. The number of amides is 1. The number of aromatic nitrogens is 4. The van der Waals surface area contributed by atoms with E-state index in [9.17, 15) is 13.2 Å². The third-order valence-electron chi connectivity index (χ3n) is 3.80. The van der Waals surface area contributed by atoms with Crippen molar-refractivity contribution >= 4 is 27.7 Å². The smallest absolute Gasteiger partial charge is 0.239 e. The van der Waals surface area contributed by atoms with E-state index < -0.39 is 15.9 Å². The number of likely N-dealkylation sites (N-methyl/N-ethyl adjacent to an activating group) is 1. The number of nitrogens with zero attached hydrogens (tertiary/aromatic N) is 5. The molecular weight excluding hydrogens is 380 g/mol. The van der Waals surface area contributed by atoms with E-state index in [1.54, 1.807) is 36.4 Å². The van der Waals surface area contributed by atoms with E-state index in [2.05, 4.69) is 20.8 Å². The van der Waals surface area contributed by atoms with Gasteiger partial charge in [-0.15, -0.1) is 5.10 Å². The third-order valence-corrected chi connectivity index (χ3v) is 5.28. The molecule has 10 heteroatoms. The Bertz CT molecular complexity index is 1050. The number of rotatable bonds is 7. The van der Waals surface area contributed by atoms with E-state index in [0.717, 1.165) is 21.0 Å². The summed E-state index contributed by atoms with van der Waals surface area (Å²) in [6.45, 7) is -0.309. The number of anilines is 1. The van der Waals surface area contributed by atoms with Crippen molar-refractivity contribution in [3.63, 3.8) is 0 Å².